The number of hydrogen-bond donors (Lipinski definition) is 1. The van der Waals surface area contributed by atoms with Crippen LogP contribution in [0.2, 0.25) is 5.02 Å². The molecule has 1 saturated heterocycles. The van der Waals surface area contributed by atoms with Crippen LogP contribution in [0.5, 0.6) is 5.75 Å². The summed E-state index contributed by atoms with van der Waals surface area (Å²) in [4.78, 5) is 22.5. The van der Waals surface area contributed by atoms with Crippen LogP contribution in [0.15, 0.2) is 48.5 Å². The third-order valence-electron chi connectivity index (χ3n) is 7.15. The molecule has 13 heteroatoms. The van der Waals surface area contributed by atoms with Gasteiger partial charge in [-0.2, -0.15) is 13.5 Å². The molecule has 0 radical (unpaired) electrons. The summed E-state index contributed by atoms with van der Waals surface area (Å²) in [7, 11) is 0. The van der Waals surface area contributed by atoms with Crippen molar-refractivity contribution in [3.05, 3.63) is 93.8 Å². The van der Waals surface area contributed by atoms with E-state index in [-0.39, 0.29) is 53.8 Å². The fraction of sp³-hybridized carbons (Fsp3) is 0.276. The van der Waals surface area contributed by atoms with Crippen LogP contribution in [-0.4, -0.2) is 56.3 Å². The lowest BCUT2D eigenvalue weighted by atomic mass is 10.1. The van der Waals surface area contributed by atoms with Gasteiger partial charge in [-0.25, -0.2) is 27.9 Å². The Morgan fingerprint density at radius 2 is 1.90 bits per heavy atom. The number of benzene rings is 2. The molecule has 2 aromatic heterocycles. The van der Waals surface area contributed by atoms with E-state index in [2.05, 4.69) is 9.97 Å². The van der Waals surface area contributed by atoms with Gasteiger partial charge in [0.25, 0.3) is 0 Å². The molecule has 0 amide bonds. The van der Waals surface area contributed by atoms with Gasteiger partial charge >= 0.3 is 5.97 Å². The molecule has 2 aromatic carbocycles. The normalized spacial score (nSPS) is 16.7. The zero-order valence-electron chi connectivity index (χ0n) is 22.1. The number of ether oxygens (including phenoxy) is 2. The molecule has 1 atom stereocenters. The number of carbonyl (C=O) groups is 1. The highest BCUT2D eigenvalue weighted by molar-refractivity contribution is 7.59. The van der Waals surface area contributed by atoms with Gasteiger partial charge in [-0.3, -0.25) is 4.90 Å². The van der Waals surface area contributed by atoms with E-state index in [0.29, 0.717) is 55.4 Å². The highest BCUT2D eigenvalue weighted by atomic mass is 35.5. The average molecular weight is 619 g/mol. The minimum absolute atomic E-state index is 0. The lowest BCUT2D eigenvalue weighted by molar-refractivity contribution is -0.0591. The summed E-state index contributed by atoms with van der Waals surface area (Å²) in [6.45, 7) is 2.11. The van der Waals surface area contributed by atoms with Gasteiger partial charge in [-0.15, -0.1) is 0 Å². The van der Waals surface area contributed by atoms with E-state index in [4.69, 9.17) is 21.1 Å². The van der Waals surface area contributed by atoms with Gasteiger partial charge in [0.1, 0.15) is 29.5 Å². The van der Waals surface area contributed by atoms with Crippen LogP contribution >= 0.6 is 25.1 Å². The number of hydrogen-bond acceptors (Lipinski definition) is 6. The SMILES string of the molecule is O=C(O)c1cc(F)c2nc(CN3CC=C(c4nc(COc5ccc(Cl)cc5F)ccc4F)C3)n(C[C@@H]3CCO3)c2c1.S. The third-order valence-corrected chi connectivity index (χ3v) is 7.38. The molecule has 0 aliphatic carbocycles. The standard InChI is InChI=1S/C29H24ClF3N4O4.H2S/c30-18-1-4-25(22(32)11-18)41-15-19-2-3-21(31)27(34-19)16-5-7-36(12-16)14-26-35-28-23(33)9-17(29(38)39)10-24(28)37(26)13-20-6-8-40-20;/h1-5,9-11,20H,6-8,12-15H2,(H,38,39);1H2/t20-;/m0./s1. The number of aromatic nitrogens is 3. The number of pyridine rings is 1. The first-order valence-corrected chi connectivity index (χ1v) is 13.3. The first-order chi connectivity index (χ1) is 19.7. The Bertz CT molecular complexity index is 1700. The topological polar surface area (TPSA) is 89.7 Å². The lowest BCUT2D eigenvalue weighted by Gasteiger charge is -2.28. The van der Waals surface area contributed by atoms with Gasteiger partial charge in [-0.1, -0.05) is 17.7 Å². The van der Waals surface area contributed by atoms with E-state index in [0.717, 1.165) is 18.6 Å². The fourth-order valence-corrected chi connectivity index (χ4v) is 5.10. The van der Waals surface area contributed by atoms with Crippen molar-refractivity contribution in [1.29, 1.82) is 0 Å². The second-order valence-electron chi connectivity index (χ2n) is 9.95. The number of imidazole rings is 1. The highest BCUT2D eigenvalue weighted by Gasteiger charge is 2.26. The molecule has 1 fully saturated rings. The lowest BCUT2D eigenvalue weighted by Crippen LogP contribution is -2.32. The molecule has 4 heterocycles. The Labute approximate surface area is 250 Å². The van der Waals surface area contributed by atoms with Crippen molar-refractivity contribution < 1.29 is 32.5 Å². The maximum Gasteiger partial charge on any atom is 0.335 e. The second-order valence-corrected chi connectivity index (χ2v) is 10.4. The largest absolute Gasteiger partial charge is 0.484 e. The minimum atomic E-state index is -1.23. The number of carboxylic acids is 1. The first-order valence-electron chi connectivity index (χ1n) is 12.9. The quantitative estimate of drug-likeness (QED) is 0.262. The minimum Gasteiger partial charge on any atom is -0.484 e. The van der Waals surface area contributed by atoms with Gasteiger partial charge in [0.15, 0.2) is 17.4 Å². The van der Waals surface area contributed by atoms with Gasteiger partial charge in [-0.05, 0) is 54.5 Å². The number of nitrogens with zero attached hydrogens (tertiary/aromatic N) is 4. The molecule has 0 unspecified atom stereocenters. The summed E-state index contributed by atoms with van der Waals surface area (Å²) >= 11 is 5.78. The summed E-state index contributed by atoms with van der Waals surface area (Å²) in [6, 6.07) is 9.23. The van der Waals surface area contributed by atoms with Crippen molar-refractivity contribution in [3.8, 4) is 5.75 Å². The summed E-state index contributed by atoms with van der Waals surface area (Å²) in [5, 5.41) is 9.67. The van der Waals surface area contributed by atoms with Crippen molar-refractivity contribution in [2.75, 3.05) is 19.7 Å². The predicted molar refractivity (Wildman–Crippen MR) is 155 cm³/mol. The van der Waals surface area contributed by atoms with Gasteiger partial charge in [0.2, 0.25) is 0 Å². The average Bonchev–Trinajstić information content (AvgIpc) is 3.51. The summed E-state index contributed by atoms with van der Waals surface area (Å²) < 4.78 is 56.6. The molecule has 2 aliphatic heterocycles. The Hall–Kier alpha value is -3.58. The Morgan fingerprint density at radius 1 is 1.10 bits per heavy atom. The second kappa shape index (κ2) is 12.3. The first kappa shape index (κ1) is 29.9. The zero-order valence-corrected chi connectivity index (χ0v) is 23.9. The predicted octanol–water partition coefficient (Wildman–Crippen LogP) is 5.58. The molecule has 2 aliphatic rings. The van der Waals surface area contributed by atoms with Crippen molar-refractivity contribution in [2.24, 2.45) is 0 Å². The van der Waals surface area contributed by atoms with Gasteiger partial charge in [0, 0.05) is 24.7 Å². The molecular formula is C29H26ClF3N4O4S. The van der Waals surface area contributed by atoms with Crippen LogP contribution < -0.4 is 4.74 Å². The number of fused-ring (bicyclic) bond motifs is 1. The molecule has 4 aromatic rings. The maximum atomic E-state index is 14.8. The summed E-state index contributed by atoms with van der Waals surface area (Å²) in [5.74, 6) is -2.49. The van der Waals surface area contributed by atoms with E-state index in [1.54, 1.807) is 4.57 Å². The van der Waals surface area contributed by atoms with Gasteiger partial charge < -0.3 is 19.1 Å². The summed E-state index contributed by atoms with van der Waals surface area (Å²) in [5.41, 5.74) is 1.56. The van der Waals surface area contributed by atoms with Crippen LogP contribution in [0.4, 0.5) is 13.2 Å². The maximum absolute atomic E-state index is 14.8. The number of halogens is 4. The van der Waals surface area contributed by atoms with Crippen molar-refractivity contribution in [3.63, 3.8) is 0 Å². The molecule has 42 heavy (non-hydrogen) atoms. The summed E-state index contributed by atoms with van der Waals surface area (Å²) in [6.07, 6.45) is 2.63. The Kier molecular flexibility index (Phi) is 8.78. The van der Waals surface area contributed by atoms with Crippen molar-refractivity contribution in [1.82, 2.24) is 19.4 Å². The number of carboxylic acid groups (broad SMARTS) is 1. The molecule has 6 rings (SSSR count). The molecule has 220 valence electrons. The Morgan fingerprint density at radius 3 is 2.62 bits per heavy atom. The zero-order chi connectivity index (χ0) is 28.7. The van der Waals surface area contributed by atoms with Gasteiger partial charge in [0.05, 0.1) is 36.0 Å². The van der Waals surface area contributed by atoms with Crippen LogP contribution in [0, 0.1) is 17.5 Å². The van der Waals surface area contributed by atoms with Crippen LogP contribution in [0.25, 0.3) is 16.6 Å². The molecule has 1 N–H and O–H groups in total. The fourth-order valence-electron chi connectivity index (χ4n) is 4.94. The Balaban J connectivity index is 0.00000353. The molecule has 0 spiro atoms. The molecule has 0 bridgehead atoms. The molecule has 0 saturated carbocycles. The highest BCUT2D eigenvalue weighted by Crippen LogP contribution is 2.28. The molecular weight excluding hydrogens is 593 g/mol. The number of rotatable bonds is 9. The van der Waals surface area contributed by atoms with Crippen LogP contribution in [-0.2, 0) is 24.4 Å². The van der Waals surface area contributed by atoms with Crippen molar-refractivity contribution in [2.45, 2.75) is 32.2 Å². The monoisotopic (exact) mass is 618 g/mol. The smallest absolute Gasteiger partial charge is 0.335 e. The van der Waals surface area contributed by atoms with E-state index >= 15 is 0 Å². The van der Waals surface area contributed by atoms with Crippen LogP contribution in [0.3, 0.4) is 0 Å². The van der Waals surface area contributed by atoms with E-state index in [1.165, 1.54) is 30.3 Å². The van der Waals surface area contributed by atoms with Crippen molar-refractivity contribution >= 4 is 47.7 Å². The number of aromatic carboxylic acids is 1. The molecule has 8 nitrogen and oxygen atoms in total. The van der Waals surface area contributed by atoms with E-state index in [1.807, 2.05) is 11.0 Å². The van der Waals surface area contributed by atoms with E-state index < -0.39 is 23.4 Å². The third kappa shape index (κ3) is 6.12. The van der Waals surface area contributed by atoms with Crippen LogP contribution in [0.1, 0.15) is 34.0 Å². The van der Waals surface area contributed by atoms with E-state index in [9.17, 15) is 23.1 Å².